The van der Waals surface area contributed by atoms with E-state index in [1.807, 2.05) is 27.7 Å². The van der Waals surface area contributed by atoms with Gasteiger partial charge in [-0.3, -0.25) is 10.00 Å². The maximum absolute atomic E-state index is 12.5. The summed E-state index contributed by atoms with van der Waals surface area (Å²) in [6, 6.07) is 6.42. The van der Waals surface area contributed by atoms with E-state index in [9.17, 15) is 9.90 Å². The molecule has 22 heavy (non-hydrogen) atoms. The van der Waals surface area contributed by atoms with Gasteiger partial charge in [-0.2, -0.15) is 5.10 Å². The van der Waals surface area contributed by atoms with Crippen LogP contribution in [0.15, 0.2) is 30.5 Å². The first kappa shape index (κ1) is 15.9. The summed E-state index contributed by atoms with van der Waals surface area (Å²) in [5.41, 5.74) is 1.86. The molecule has 6 heteroatoms. The number of nitrogens with one attached hydrogen (secondary N) is 1. The Balaban J connectivity index is 2.29. The van der Waals surface area contributed by atoms with Crippen LogP contribution in [-0.4, -0.2) is 27.0 Å². The van der Waals surface area contributed by atoms with Crippen molar-refractivity contribution in [1.82, 2.24) is 10.2 Å². The van der Waals surface area contributed by atoms with Crippen LogP contribution < -0.4 is 4.90 Å². The number of aromatic hydroxyl groups is 1. The molecule has 0 aliphatic heterocycles. The van der Waals surface area contributed by atoms with Crippen LogP contribution in [0.25, 0.3) is 0 Å². The van der Waals surface area contributed by atoms with Crippen molar-refractivity contribution in [3.05, 3.63) is 41.7 Å². The number of H-pyrrole nitrogens is 1. The number of hydrogen-bond donors (Lipinski definition) is 2. The standard InChI is InChI=1S/C16H21N3O3/c1-11-12(9-17-18-11)10-19(15(21)22-16(2,3)4)13-5-7-14(20)8-6-13/h5-9,20H,10H2,1-4H3,(H,17,18). The summed E-state index contributed by atoms with van der Waals surface area (Å²) in [5.74, 6) is 0.146. The highest BCUT2D eigenvalue weighted by Crippen LogP contribution is 2.23. The highest BCUT2D eigenvalue weighted by molar-refractivity contribution is 5.87. The van der Waals surface area contributed by atoms with E-state index in [0.29, 0.717) is 12.2 Å². The van der Waals surface area contributed by atoms with E-state index in [-0.39, 0.29) is 5.75 Å². The van der Waals surface area contributed by atoms with Gasteiger partial charge in [-0.05, 0) is 52.0 Å². The van der Waals surface area contributed by atoms with E-state index < -0.39 is 11.7 Å². The summed E-state index contributed by atoms with van der Waals surface area (Å²) in [6.07, 6.45) is 1.24. The lowest BCUT2D eigenvalue weighted by Crippen LogP contribution is -2.36. The Morgan fingerprint density at radius 2 is 1.95 bits per heavy atom. The predicted molar refractivity (Wildman–Crippen MR) is 83.8 cm³/mol. The minimum Gasteiger partial charge on any atom is -0.508 e. The fraction of sp³-hybridized carbons (Fsp3) is 0.375. The predicted octanol–water partition coefficient (Wildman–Crippen LogP) is 3.37. The molecule has 1 heterocycles. The minimum absolute atomic E-state index is 0.146. The molecule has 2 N–H and O–H groups in total. The summed E-state index contributed by atoms with van der Waals surface area (Å²) >= 11 is 0. The molecule has 1 amide bonds. The molecule has 2 aromatic rings. The SMILES string of the molecule is Cc1[nH]ncc1CN(C(=O)OC(C)(C)C)c1ccc(O)cc1. The van der Waals surface area contributed by atoms with Gasteiger partial charge in [0.05, 0.1) is 12.7 Å². The van der Waals surface area contributed by atoms with Crippen LogP contribution in [-0.2, 0) is 11.3 Å². The Bertz CT molecular complexity index is 641. The minimum atomic E-state index is -0.586. The van der Waals surface area contributed by atoms with Gasteiger partial charge in [0.25, 0.3) is 0 Å². The second kappa shape index (κ2) is 6.09. The molecule has 1 aromatic carbocycles. The van der Waals surface area contributed by atoms with Crippen molar-refractivity contribution in [2.45, 2.75) is 39.8 Å². The van der Waals surface area contributed by atoms with Gasteiger partial charge >= 0.3 is 6.09 Å². The first-order valence-electron chi connectivity index (χ1n) is 7.04. The Kier molecular flexibility index (Phi) is 4.40. The third kappa shape index (κ3) is 4.00. The lowest BCUT2D eigenvalue weighted by molar-refractivity contribution is 0.0577. The molecule has 0 saturated heterocycles. The lowest BCUT2D eigenvalue weighted by atomic mass is 10.2. The summed E-state index contributed by atoms with van der Waals surface area (Å²) in [5, 5.41) is 16.2. The van der Waals surface area contributed by atoms with Gasteiger partial charge in [-0.1, -0.05) is 0 Å². The highest BCUT2D eigenvalue weighted by Gasteiger charge is 2.24. The van der Waals surface area contributed by atoms with Gasteiger partial charge in [0, 0.05) is 16.9 Å². The molecule has 0 saturated carbocycles. The van der Waals surface area contributed by atoms with E-state index in [2.05, 4.69) is 10.2 Å². The topological polar surface area (TPSA) is 78.5 Å². The average Bonchev–Trinajstić information content (AvgIpc) is 2.80. The molecule has 118 valence electrons. The number of phenols is 1. The number of nitrogens with zero attached hydrogens (tertiary/aromatic N) is 2. The van der Waals surface area contributed by atoms with Gasteiger partial charge in [-0.15, -0.1) is 0 Å². The summed E-state index contributed by atoms with van der Waals surface area (Å²) in [4.78, 5) is 14.0. The zero-order valence-electron chi connectivity index (χ0n) is 13.3. The van der Waals surface area contributed by atoms with Gasteiger partial charge in [0.15, 0.2) is 0 Å². The van der Waals surface area contributed by atoms with Crippen molar-refractivity contribution in [1.29, 1.82) is 0 Å². The largest absolute Gasteiger partial charge is 0.508 e. The van der Waals surface area contributed by atoms with Crippen molar-refractivity contribution in [3.63, 3.8) is 0 Å². The molecule has 0 atom stereocenters. The number of aryl methyl sites for hydroxylation is 1. The molecule has 2 rings (SSSR count). The molecule has 0 aliphatic rings. The fourth-order valence-electron chi connectivity index (χ4n) is 1.92. The molecular formula is C16H21N3O3. The summed E-state index contributed by atoms with van der Waals surface area (Å²) in [7, 11) is 0. The van der Waals surface area contributed by atoms with Gasteiger partial charge < -0.3 is 9.84 Å². The first-order valence-corrected chi connectivity index (χ1v) is 7.04. The van der Waals surface area contributed by atoms with E-state index in [1.54, 1.807) is 18.3 Å². The van der Waals surface area contributed by atoms with E-state index in [1.165, 1.54) is 17.0 Å². The van der Waals surface area contributed by atoms with Crippen molar-refractivity contribution in [2.24, 2.45) is 0 Å². The van der Waals surface area contributed by atoms with Crippen molar-refractivity contribution < 1.29 is 14.6 Å². The van der Waals surface area contributed by atoms with E-state index in [4.69, 9.17) is 4.74 Å². The Morgan fingerprint density at radius 1 is 1.32 bits per heavy atom. The summed E-state index contributed by atoms with van der Waals surface area (Å²) < 4.78 is 5.47. The Morgan fingerprint density at radius 3 is 2.45 bits per heavy atom. The third-order valence-electron chi connectivity index (χ3n) is 3.04. The second-order valence-corrected chi connectivity index (χ2v) is 6.10. The highest BCUT2D eigenvalue weighted by atomic mass is 16.6. The fourth-order valence-corrected chi connectivity index (χ4v) is 1.92. The molecule has 0 unspecified atom stereocenters. The van der Waals surface area contributed by atoms with Crippen LogP contribution in [0.1, 0.15) is 32.0 Å². The molecule has 0 radical (unpaired) electrons. The average molecular weight is 303 g/mol. The molecule has 1 aromatic heterocycles. The lowest BCUT2D eigenvalue weighted by Gasteiger charge is -2.27. The summed E-state index contributed by atoms with van der Waals surface area (Å²) in [6.45, 7) is 7.70. The number of anilines is 1. The van der Waals surface area contributed by atoms with Crippen LogP contribution in [0.3, 0.4) is 0 Å². The number of ether oxygens (including phenoxy) is 1. The molecular weight excluding hydrogens is 282 g/mol. The molecule has 0 bridgehead atoms. The van der Waals surface area contributed by atoms with E-state index >= 15 is 0 Å². The van der Waals surface area contributed by atoms with Crippen LogP contribution in [0.2, 0.25) is 0 Å². The molecule has 6 nitrogen and oxygen atoms in total. The Labute approximate surface area is 129 Å². The smallest absolute Gasteiger partial charge is 0.415 e. The number of aromatic nitrogens is 2. The van der Waals surface area contributed by atoms with Gasteiger partial charge in [0.2, 0.25) is 0 Å². The van der Waals surface area contributed by atoms with Gasteiger partial charge in [-0.25, -0.2) is 4.79 Å². The molecule has 0 aliphatic carbocycles. The number of aromatic amines is 1. The van der Waals surface area contributed by atoms with Crippen molar-refractivity contribution in [3.8, 4) is 5.75 Å². The van der Waals surface area contributed by atoms with E-state index in [0.717, 1.165) is 11.3 Å². The monoisotopic (exact) mass is 303 g/mol. The maximum Gasteiger partial charge on any atom is 0.415 e. The van der Waals surface area contributed by atoms with Crippen LogP contribution in [0.5, 0.6) is 5.75 Å². The van der Waals surface area contributed by atoms with Crippen molar-refractivity contribution in [2.75, 3.05) is 4.90 Å². The molecule has 0 spiro atoms. The van der Waals surface area contributed by atoms with Gasteiger partial charge in [0.1, 0.15) is 11.4 Å². The van der Waals surface area contributed by atoms with Crippen molar-refractivity contribution >= 4 is 11.8 Å². The quantitative estimate of drug-likeness (QED) is 0.911. The number of phenolic OH excluding ortho intramolecular Hbond substituents is 1. The third-order valence-corrected chi connectivity index (χ3v) is 3.04. The number of amides is 1. The molecule has 0 fully saturated rings. The van der Waals surface area contributed by atoms with Crippen LogP contribution in [0, 0.1) is 6.92 Å². The number of carbonyl (C=O) groups excluding carboxylic acids is 1. The normalized spacial score (nSPS) is 11.3. The zero-order chi connectivity index (χ0) is 16.3. The second-order valence-electron chi connectivity index (χ2n) is 6.10. The van der Waals surface area contributed by atoms with Crippen LogP contribution in [0.4, 0.5) is 10.5 Å². The Hall–Kier alpha value is -2.50. The maximum atomic E-state index is 12.5. The number of benzene rings is 1. The number of carbonyl (C=O) groups is 1. The number of hydrogen-bond acceptors (Lipinski definition) is 4. The van der Waals surface area contributed by atoms with Crippen LogP contribution >= 0.6 is 0 Å². The zero-order valence-corrected chi connectivity index (χ0v) is 13.3. The first-order chi connectivity index (χ1) is 10.3. The number of rotatable bonds is 3.